The van der Waals surface area contributed by atoms with Crippen LogP contribution in [0.15, 0.2) is 15.9 Å². The highest BCUT2D eigenvalue weighted by Gasteiger charge is 2.60. The summed E-state index contributed by atoms with van der Waals surface area (Å²) < 4.78 is 1.26. The number of rotatable bonds is 3. The molecule has 1 heterocycles. The predicted molar refractivity (Wildman–Crippen MR) is 81.9 cm³/mol. The smallest absolute Gasteiger partial charge is 0.0327 e. The van der Waals surface area contributed by atoms with Crippen molar-refractivity contribution in [3.63, 3.8) is 0 Å². The van der Waals surface area contributed by atoms with Crippen molar-refractivity contribution in [2.75, 3.05) is 0 Å². The number of hydrogen-bond donors (Lipinski definition) is 1. The van der Waals surface area contributed by atoms with Crippen molar-refractivity contribution >= 4 is 27.3 Å². The zero-order valence-corrected chi connectivity index (χ0v) is 13.8. The first-order valence-corrected chi connectivity index (χ1v) is 8.57. The summed E-state index contributed by atoms with van der Waals surface area (Å²) in [5.41, 5.74) is 0.999. The first kappa shape index (κ1) is 13.1. The van der Waals surface area contributed by atoms with E-state index in [2.05, 4.69) is 53.5 Å². The first-order valence-electron chi connectivity index (χ1n) is 6.90. The molecule has 2 bridgehead atoms. The van der Waals surface area contributed by atoms with E-state index >= 15 is 0 Å². The lowest BCUT2D eigenvalue weighted by molar-refractivity contribution is 0.120. The molecule has 0 radical (unpaired) electrons. The average molecular weight is 328 g/mol. The fourth-order valence-electron chi connectivity index (χ4n) is 4.18. The van der Waals surface area contributed by atoms with Gasteiger partial charge in [-0.25, -0.2) is 0 Å². The van der Waals surface area contributed by atoms with Crippen molar-refractivity contribution in [3.05, 3.63) is 20.8 Å². The van der Waals surface area contributed by atoms with Gasteiger partial charge >= 0.3 is 0 Å². The van der Waals surface area contributed by atoms with Crippen LogP contribution in [-0.4, -0.2) is 6.04 Å². The number of fused-ring (bicyclic) bond motifs is 2. The van der Waals surface area contributed by atoms with Gasteiger partial charge in [-0.3, -0.25) is 0 Å². The van der Waals surface area contributed by atoms with E-state index in [0.29, 0.717) is 16.9 Å². The Bertz CT molecular complexity index is 453. The molecule has 100 valence electrons. The van der Waals surface area contributed by atoms with Crippen LogP contribution in [-0.2, 0) is 6.54 Å². The highest BCUT2D eigenvalue weighted by molar-refractivity contribution is 9.10. The van der Waals surface area contributed by atoms with Crippen molar-refractivity contribution in [1.29, 1.82) is 0 Å². The Morgan fingerprint density at radius 1 is 1.44 bits per heavy atom. The molecule has 18 heavy (non-hydrogen) atoms. The number of nitrogens with one attached hydrogen (secondary N) is 1. The second-order valence-electron chi connectivity index (χ2n) is 6.74. The Morgan fingerprint density at radius 3 is 2.72 bits per heavy atom. The lowest BCUT2D eigenvalue weighted by Gasteiger charge is -2.39. The largest absolute Gasteiger partial charge is 0.308 e. The minimum absolute atomic E-state index is 0.488. The number of hydrogen-bond acceptors (Lipinski definition) is 2. The van der Waals surface area contributed by atoms with Crippen LogP contribution in [0.2, 0.25) is 0 Å². The van der Waals surface area contributed by atoms with Gasteiger partial charge in [-0.15, -0.1) is 11.3 Å². The van der Waals surface area contributed by atoms with Crippen molar-refractivity contribution in [1.82, 2.24) is 5.32 Å². The summed E-state index contributed by atoms with van der Waals surface area (Å²) in [4.78, 5) is 1.43. The molecule has 3 heteroatoms. The van der Waals surface area contributed by atoms with E-state index in [1.54, 1.807) is 0 Å². The molecule has 0 aromatic carbocycles. The molecule has 0 spiro atoms. The van der Waals surface area contributed by atoms with Crippen molar-refractivity contribution in [2.45, 2.75) is 52.6 Å². The Kier molecular flexibility index (Phi) is 3.15. The molecule has 2 fully saturated rings. The van der Waals surface area contributed by atoms with Gasteiger partial charge in [0, 0.05) is 21.9 Å². The third-order valence-corrected chi connectivity index (χ3v) is 7.92. The van der Waals surface area contributed by atoms with E-state index in [0.717, 1.165) is 12.5 Å². The minimum atomic E-state index is 0.488. The predicted octanol–water partition coefficient (Wildman–Crippen LogP) is 4.82. The van der Waals surface area contributed by atoms with Gasteiger partial charge in [-0.05, 0) is 63.4 Å². The van der Waals surface area contributed by atoms with Crippen LogP contribution >= 0.6 is 27.3 Å². The zero-order chi connectivity index (χ0) is 13.0. The molecule has 3 atom stereocenters. The molecule has 1 aromatic heterocycles. The molecule has 1 nitrogen and oxygen atoms in total. The van der Waals surface area contributed by atoms with Crippen LogP contribution < -0.4 is 5.32 Å². The van der Waals surface area contributed by atoms with E-state index in [9.17, 15) is 0 Å². The second-order valence-corrected chi connectivity index (χ2v) is 8.59. The maximum atomic E-state index is 3.83. The quantitative estimate of drug-likeness (QED) is 0.839. The fourth-order valence-corrected chi connectivity index (χ4v) is 5.62. The average Bonchev–Trinajstić information content (AvgIpc) is 2.87. The van der Waals surface area contributed by atoms with Gasteiger partial charge in [0.1, 0.15) is 0 Å². The number of thiophene rings is 1. The van der Waals surface area contributed by atoms with Crippen molar-refractivity contribution in [2.24, 2.45) is 16.7 Å². The maximum absolute atomic E-state index is 3.83. The molecule has 2 aliphatic rings. The van der Waals surface area contributed by atoms with E-state index < -0.39 is 0 Å². The minimum Gasteiger partial charge on any atom is -0.308 e. The summed E-state index contributed by atoms with van der Waals surface area (Å²) in [6.07, 6.45) is 4.20. The SMILES string of the molecule is CC1(C)C2CCC1(C)C(NCc1sccc1Br)C2. The fraction of sp³-hybridized carbons (Fsp3) is 0.733. The lowest BCUT2D eigenvalue weighted by Crippen LogP contribution is -2.44. The summed E-state index contributed by atoms with van der Waals surface area (Å²) in [6.45, 7) is 8.48. The molecule has 3 rings (SSSR count). The molecular weight excluding hydrogens is 306 g/mol. The van der Waals surface area contributed by atoms with E-state index in [1.807, 2.05) is 11.3 Å². The van der Waals surface area contributed by atoms with E-state index in [1.165, 1.54) is 28.6 Å². The Morgan fingerprint density at radius 2 is 2.22 bits per heavy atom. The van der Waals surface area contributed by atoms with Gasteiger partial charge in [0.05, 0.1) is 0 Å². The maximum Gasteiger partial charge on any atom is 0.0327 e. The second kappa shape index (κ2) is 4.32. The van der Waals surface area contributed by atoms with E-state index in [4.69, 9.17) is 0 Å². The van der Waals surface area contributed by atoms with Crippen molar-refractivity contribution < 1.29 is 0 Å². The summed E-state index contributed by atoms with van der Waals surface area (Å²) in [6, 6.07) is 2.84. The highest BCUT2D eigenvalue weighted by atomic mass is 79.9. The summed E-state index contributed by atoms with van der Waals surface area (Å²) in [5, 5.41) is 5.99. The molecule has 2 aliphatic carbocycles. The molecule has 0 saturated heterocycles. The molecule has 1 aromatic rings. The molecular formula is C15H22BrNS. The van der Waals surface area contributed by atoms with Gasteiger partial charge in [-0.1, -0.05) is 20.8 Å². The Balaban J connectivity index is 1.71. The van der Waals surface area contributed by atoms with Crippen LogP contribution in [0.1, 0.15) is 44.9 Å². The Labute approximate surface area is 122 Å². The normalized spacial score (nSPS) is 37.3. The van der Waals surface area contributed by atoms with Crippen LogP contribution in [0.25, 0.3) is 0 Å². The first-order chi connectivity index (χ1) is 8.45. The van der Waals surface area contributed by atoms with Crippen LogP contribution in [0.4, 0.5) is 0 Å². The molecule has 3 unspecified atom stereocenters. The summed E-state index contributed by atoms with van der Waals surface area (Å²) in [7, 11) is 0. The monoisotopic (exact) mass is 327 g/mol. The molecule has 2 saturated carbocycles. The van der Waals surface area contributed by atoms with Gasteiger partial charge in [0.25, 0.3) is 0 Å². The van der Waals surface area contributed by atoms with Gasteiger partial charge in [0.2, 0.25) is 0 Å². The molecule has 0 aliphatic heterocycles. The Hall–Kier alpha value is 0.140. The number of halogens is 1. The van der Waals surface area contributed by atoms with Gasteiger partial charge in [-0.2, -0.15) is 0 Å². The zero-order valence-electron chi connectivity index (χ0n) is 11.4. The van der Waals surface area contributed by atoms with Crippen LogP contribution in [0, 0.1) is 16.7 Å². The van der Waals surface area contributed by atoms with Crippen LogP contribution in [0.3, 0.4) is 0 Å². The van der Waals surface area contributed by atoms with E-state index in [-0.39, 0.29) is 0 Å². The van der Waals surface area contributed by atoms with Crippen molar-refractivity contribution in [3.8, 4) is 0 Å². The summed E-state index contributed by atoms with van der Waals surface area (Å²) >= 11 is 5.47. The molecule has 1 N–H and O–H groups in total. The lowest BCUT2D eigenvalue weighted by atomic mass is 9.69. The molecule has 0 amide bonds. The standard InChI is InChI=1S/C15H22BrNS/c1-14(2)10-4-6-15(14,3)13(8-10)17-9-12-11(16)5-7-18-12/h5,7,10,13,17H,4,6,8-9H2,1-3H3. The van der Waals surface area contributed by atoms with Crippen LogP contribution in [0.5, 0.6) is 0 Å². The third-order valence-electron chi connectivity index (χ3n) is 5.99. The van der Waals surface area contributed by atoms with Gasteiger partial charge in [0.15, 0.2) is 0 Å². The third kappa shape index (κ3) is 1.74. The summed E-state index contributed by atoms with van der Waals surface area (Å²) in [5.74, 6) is 0.923. The topological polar surface area (TPSA) is 12.0 Å². The highest BCUT2D eigenvalue weighted by Crippen LogP contribution is 2.65. The van der Waals surface area contributed by atoms with Gasteiger partial charge < -0.3 is 5.32 Å².